The van der Waals surface area contributed by atoms with Crippen LogP contribution in [0.15, 0.2) is 24.3 Å². The zero-order valence-corrected chi connectivity index (χ0v) is 14.2. The molecular weight excluding hydrogens is 292 g/mol. The smallest absolute Gasteiger partial charge is 0.342 e. The Hall–Kier alpha value is -1.84. The molecule has 4 nitrogen and oxygen atoms in total. The lowest BCUT2D eigenvalue weighted by molar-refractivity contribution is -0.131. The summed E-state index contributed by atoms with van der Waals surface area (Å²) in [5.74, 6) is 0.0151. The van der Waals surface area contributed by atoms with Gasteiger partial charge in [-0.1, -0.05) is 32.9 Å². The predicted octanol–water partition coefficient (Wildman–Crippen LogP) is 3.98. The quantitative estimate of drug-likeness (QED) is 0.625. The molecule has 0 unspecified atom stereocenters. The summed E-state index contributed by atoms with van der Waals surface area (Å²) < 4.78 is 11.0. The van der Waals surface area contributed by atoms with E-state index in [1.807, 2.05) is 0 Å². The van der Waals surface area contributed by atoms with Gasteiger partial charge in [-0.15, -0.1) is 0 Å². The van der Waals surface area contributed by atoms with Crippen LogP contribution in [0.4, 0.5) is 0 Å². The fourth-order valence-electron chi connectivity index (χ4n) is 4.38. The molecule has 0 N–H and O–H groups in total. The number of hydrogen-bond acceptors (Lipinski definition) is 4. The van der Waals surface area contributed by atoms with Crippen molar-refractivity contribution in [3.8, 4) is 5.75 Å². The standard InChI is InChI=1S/C19H24O4/c1-12(20)22-15-8-6-5-7-14(15)17(21)23-16-11-13-9-10-19(16,4)18(13,2)3/h5-8,13,16H,9-11H2,1-4H3/t13-,16+,19-/m0/s1. The molecule has 0 heterocycles. The molecule has 2 aliphatic rings. The van der Waals surface area contributed by atoms with E-state index in [0.29, 0.717) is 11.5 Å². The summed E-state index contributed by atoms with van der Waals surface area (Å²) in [7, 11) is 0. The zero-order chi connectivity index (χ0) is 16.8. The molecule has 2 aliphatic carbocycles. The lowest BCUT2D eigenvalue weighted by atomic mass is 9.70. The van der Waals surface area contributed by atoms with Gasteiger partial charge in [-0.25, -0.2) is 4.79 Å². The molecule has 2 fully saturated rings. The molecule has 3 atom stereocenters. The fraction of sp³-hybridized carbons (Fsp3) is 0.579. The van der Waals surface area contributed by atoms with Gasteiger partial charge in [0.25, 0.3) is 0 Å². The third kappa shape index (κ3) is 2.44. The minimum absolute atomic E-state index is 0.0176. The summed E-state index contributed by atoms with van der Waals surface area (Å²) >= 11 is 0. The summed E-state index contributed by atoms with van der Waals surface area (Å²) in [6.45, 7) is 8.12. The molecule has 1 aromatic carbocycles. The molecule has 0 amide bonds. The zero-order valence-electron chi connectivity index (χ0n) is 14.2. The van der Waals surface area contributed by atoms with E-state index < -0.39 is 11.9 Å². The van der Waals surface area contributed by atoms with Crippen LogP contribution >= 0.6 is 0 Å². The molecule has 1 aromatic rings. The number of carbonyl (C=O) groups excluding carboxylic acids is 2. The van der Waals surface area contributed by atoms with Crippen LogP contribution in [-0.4, -0.2) is 18.0 Å². The number of hydrogen-bond donors (Lipinski definition) is 0. The van der Waals surface area contributed by atoms with E-state index >= 15 is 0 Å². The third-order valence-corrected chi connectivity index (χ3v) is 6.32. The lowest BCUT2D eigenvalue weighted by Gasteiger charge is -2.38. The summed E-state index contributed by atoms with van der Waals surface area (Å²) in [6, 6.07) is 6.73. The van der Waals surface area contributed by atoms with Crippen molar-refractivity contribution in [1.82, 2.24) is 0 Å². The van der Waals surface area contributed by atoms with Gasteiger partial charge in [0.05, 0.1) is 0 Å². The van der Waals surface area contributed by atoms with Crippen molar-refractivity contribution >= 4 is 11.9 Å². The first kappa shape index (κ1) is 16.0. The summed E-state index contributed by atoms with van der Waals surface area (Å²) in [5, 5.41) is 0. The van der Waals surface area contributed by atoms with Crippen molar-refractivity contribution in [3.63, 3.8) is 0 Å². The Morgan fingerprint density at radius 2 is 1.87 bits per heavy atom. The van der Waals surface area contributed by atoms with Crippen LogP contribution in [-0.2, 0) is 9.53 Å². The summed E-state index contributed by atoms with van der Waals surface area (Å²) in [6.07, 6.45) is 3.15. The van der Waals surface area contributed by atoms with Crippen LogP contribution in [0.5, 0.6) is 5.75 Å². The molecule has 0 aliphatic heterocycles. The number of fused-ring (bicyclic) bond motifs is 2. The Kier molecular flexibility index (Phi) is 3.74. The number of ether oxygens (including phenoxy) is 2. The second kappa shape index (κ2) is 5.36. The van der Waals surface area contributed by atoms with Gasteiger partial charge >= 0.3 is 11.9 Å². The average molecular weight is 316 g/mol. The molecule has 2 bridgehead atoms. The highest BCUT2D eigenvalue weighted by atomic mass is 16.6. The molecule has 124 valence electrons. The van der Waals surface area contributed by atoms with E-state index in [4.69, 9.17) is 9.47 Å². The van der Waals surface area contributed by atoms with Crippen LogP contribution < -0.4 is 4.74 Å². The Bertz CT molecular complexity index is 649. The molecule has 3 rings (SSSR count). The van der Waals surface area contributed by atoms with E-state index in [0.717, 1.165) is 12.8 Å². The van der Waals surface area contributed by atoms with Gasteiger partial charge < -0.3 is 9.47 Å². The number of para-hydroxylation sites is 1. The van der Waals surface area contributed by atoms with E-state index in [1.165, 1.54) is 13.3 Å². The van der Waals surface area contributed by atoms with Crippen molar-refractivity contribution in [2.45, 2.75) is 53.1 Å². The van der Waals surface area contributed by atoms with Gasteiger partial charge in [-0.2, -0.15) is 0 Å². The first-order valence-electron chi connectivity index (χ1n) is 8.24. The molecule has 0 aromatic heterocycles. The van der Waals surface area contributed by atoms with Crippen LogP contribution in [0.2, 0.25) is 0 Å². The Morgan fingerprint density at radius 1 is 1.17 bits per heavy atom. The van der Waals surface area contributed by atoms with E-state index in [9.17, 15) is 9.59 Å². The van der Waals surface area contributed by atoms with Crippen molar-refractivity contribution in [2.75, 3.05) is 0 Å². The van der Waals surface area contributed by atoms with Crippen molar-refractivity contribution in [1.29, 1.82) is 0 Å². The Balaban J connectivity index is 1.80. The van der Waals surface area contributed by atoms with Crippen LogP contribution in [0.1, 0.15) is 57.3 Å². The van der Waals surface area contributed by atoms with Gasteiger partial charge in [-0.05, 0) is 42.7 Å². The maximum atomic E-state index is 12.6. The molecule has 2 saturated carbocycles. The van der Waals surface area contributed by atoms with Gasteiger partial charge in [0, 0.05) is 12.3 Å². The normalized spacial score (nSPS) is 31.0. The summed E-state index contributed by atoms with van der Waals surface area (Å²) in [5.41, 5.74) is 0.517. The maximum absolute atomic E-state index is 12.6. The van der Waals surface area contributed by atoms with Crippen molar-refractivity contribution < 1.29 is 19.1 Å². The first-order chi connectivity index (χ1) is 10.8. The largest absolute Gasteiger partial charge is 0.458 e. The third-order valence-electron chi connectivity index (χ3n) is 6.32. The van der Waals surface area contributed by atoms with Gasteiger partial charge in [0.15, 0.2) is 0 Å². The maximum Gasteiger partial charge on any atom is 0.342 e. The molecule has 0 radical (unpaired) electrons. The van der Waals surface area contributed by atoms with Gasteiger partial charge in [0.2, 0.25) is 0 Å². The topological polar surface area (TPSA) is 52.6 Å². The molecule has 4 heteroatoms. The van der Waals surface area contributed by atoms with Gasteiger partial charge in [0.1, 0.15) is 17.4 Å². The number of esters is 2. The second-order valence-electron chi connectivity index (χ2n) is 7.59. The van der Waals surface area contributed by atoms with Crippen molar-refractivity contribution in [2.24, 2.45) is 16.7 Å². The monoisotopic (exact) mass is 316 g/mol. The van der Waals surface area contributed by atoms with E-state index in [1.54, 1.807) is 24.3 Å². The lowest BCUT2D eigenvalue weighted by Crippen LogP contribution is -2.38. The average Bonchev–Trinajstić information content (AvgIpc) is 2.80. The van der Waals surface area contributed by atoms with E-state index in [-0.39, 0.29) is 22.7 Å². The van der Waals surface area contributed by atoms with Crippen LogP contribution in [0.25, 0.3) is 0 Å². The molecular formula is C19H24O4. The number of rotatable bonds is 3. The fourth-order valence-corrected chi connectivity index (χ4v) is 4.38. The first-order valence-corrected chi connectivity index (χ1v) is 8.24. The minimum Gasteiger partial charge on any atom is -0.458 e. The minimum atomic E-state index is -0.446. The van der Waals surface area contributed by atoms with E-state index in [2.05, 4.69) is 20.8 Å². The van der Waals surface area contributed by atoms with Crippen LogP contribution in [0, 0.1) is 16.7 Å². The SMILES string of the molecule is CC(=O)Oc1ccccc1C(=O)O[C@@H]1C[C@@H]2CC[C@]1(C)C2(C)C. The Labute approximate surface area is 137 Å². The summed E-state index contributed by atoms with van der Waals surface area (Å²) in [4.78, 5) is 23.8. The highest BCUT2D eigenvalue weighted by molar-refractivity contribution is 5.93. The van der Waals surface area contributed by atoms with Crippen molar-refractivity contribution in [3.05, 3.63) is 29.8 Å². The molecule has 23 heavy (non-hydrogen) atoms. The number of benzene rings is 1. The van der Waals surface area contributed by atoms with Gasteiger partial charge in [-0.3, -0.25) is 4.79 Å². The number of carbonyl (C=O) groups is 2. The second-order valence-corrected chi connectivity index (χ2v) is 7.59. The molecule has 0 saturated heterocycles. The highest BCUT2D eigenvalue weighted by Gasteiger charge is 2.62. The Morgan fingerprint density at radius 3 is 2.43 bits per heavy atom. The van der Waals surface area contributed by atoms with Crippen LogP contribution in [0.3, 0.4) is 0 Å². The molecule has 0 spiro atoms. The highest BCUT2D eigenvalue weighted by Crippen LogP contribution is 2.66. The predicted molar refractivity (Wildman–Crippen MR) is 86.2 cm³/mol.